The van der Waals surface area contributed by atoms with E-state index < -0.39 is 0 Å². The third-order valence-electron chi connectivity index (χ3n) is 4.29. The highest BCUT2D eigenvalue weighted by Gasteiger charge is 2.15. The number of nitrogens with one attached hydrogen (secondary N) is 1. The summed E-state index contributed by atoms with van der Waals surface area (Å²) in [4.78, 5) is 26.3. The van der Waals surface area contributed by atoms with Gasteiger partial charge in [0.2, 0.25) is 5.91 Å². The lowest BCUT2D eigenvalue weighted by atomic mass is 10.2. The standard InChI is InChI=1S/C18H23N3O3S/c1-14-13-25-18(23)21(14)8-4-7-17(22)19-15-5-2-3-6-16(15)20-9-11-24-12-10-20/h2-3,5-6,13H,4,7-12H2,1H3,(H,19,22). The van der Waals surface area contributed by atoms with E-state index in [2.05, 4.69) is 10.2 Å². The number of thiazole rings is 1. The quantitative estimate of drug-likeness (QED) is 0.859. The van der Waals surface area contributed by atoms with Crippen molar-refractivity contribution in [3.05, 3.63) is 45.0 Å². The van der Waals surface area contributed by atoms with Crippen LogP contribution in [0, 0.1) is 6.92 Å². The SMILES string of the molecule is Cc1csc(=O)n1CCCC(=O)Nc1ccccc1N1CCOCC1. The van der Waals surface area contributed by atoms with E-state index in [1.807, 2.05) is 36.6 Å². The molecule has 0 spiro atoms. The minimum Gasteiger partial charge on any atom is -0.378 e. The van der Waals surface area contributed by atoms with Crippen molar-refractivity contribution in [2.24, 2.45) is 0 Å². The monoisotopic (exact) mass is 361 g/mol. The molecule has 25 heavy (non-hydrogen) atoms. The Kier molecular flexibility index (Phi) is 5.88. The van der Waals surface area contributed by atoms with Crippen LogP contribution in [0.25, 0.3) is 0 Å². The summed E-state index contributed by atoms with van der Waals surface area (Å²) in [6.07, 6.45) is 1.03. The number of ether oxygens (including phenoxy) is 1. The molecular formula is C18H23N3O3S. The van der Waals surface area contributed by atoms with E-state index in [-0.39, 0.29) is 10.8 Å². The first-order valence-electron chi connectivity index (χ1n) is 8.51. The zero-order chi connectivity index (χ0) is 17.6. The maximum atomic E-state index is 12.3. The number of morpholine rings is 1. The Bertz CT molecular complexity index is 778. The van der Waals surface area contributed by atoms with Crippen molar-refractivity contribution in [3.63, 3.8) is 0 Å². The van der Waals surface area contributed by atoms with Gasteiger partial charge in [-0.2, -0.15) is 0 Å². The lowest BCUT2D eigenvalue weighted by Gasteiger charge is -2.30. The summed E-state index contributed by atoms with van der Waals surface area (Å²) < 4.78 is 7.12. The van der Waals surface area contributed by atoms with Gasteiger partial charge in [-0.1, -0.05) is 23.5 Å². The molecular weight excluding hydrogens is 338 g/mol. The second-order valence-corrected chi connectivity index (χ2v) is 6.88. The van der Waals surface area contributed by atoms with E-state index in [4.69, 9.17) is 4.74 Å². The number of hydrogen-bond donors (Lipinski definition) is 1. The van der Waals surface area contributed by atoms with E-state index in [1.54, 1.807) is 4.57 Å². The number of amides is 1. The Balaban J connectivity index is 1.57. The molecule has 1 aromatic heterocycles. The topological polar surface area (TPSA) is 63.6 Å². The zero-order valence-corrected chi connectivity index (χ0v) is 15.2. The predicted octanol–water partition coefficient (Wildman–Crippen LogP) is 2.47. The normalized spacial score (nSPS) is 14.5. The molecule has 1 amide bonds. The molecule has 2 aromatic rings. The van der Waals surface area contributed by atoms with Crippen LogP contribution >= 0.6 is 11.3 Å². The van der Waals surface area contributed by atoms with E-state index in [0.29, 0.717) is 32.6 Å². The fraction of sp³-hybridized carbons (Fsp3) is 0.444. The van der Waals surface area contributed by atoms with Gasteiger partial charge in [0.25, 0.3) is 0 Å². The molecule has 7 heteroatoms. The Hall–Kier alpha value is -2.12. The van der Waals surface area contributed by atoms with Crippen LogP contribution in [0.4, 0.5) is 11.4 Å². The highest BCUT2D eigenvalue weighted by atomic mass is 32.1. The Morgan fingerprint density at radius 2 is 2.04 bits per heavy atom. The lowest BCUT2D eigenvalue weighted by Crippen LogP contribution is -2.36. The van der Waals surface area contributed by atoms with Gasteiger partial charge in [-0.3, -0.25) is 9.59 Å². The van der Waals surface area contributed by atoms with Gasteiger partial charge in [0.05, 0.1) is 24.6 Å². The van der Waals surface area contributed by atoms with Crippen molar-refractivity contribution in [2.45, 2.75) is 26.3 Å². The van der Waals surface area contributed by atoms with Gasteiger partial charge < -0.3 is 19.5 Å². The van der Waals surface area contributed by atoms with Gasteiger partial charge in [0.1, 0.15) is 0 Å². The van der Waals surface area contributed by atoms with Crippen LogP contribution in [0.2, 0.25) is 0 Å². The molecule has 1 aromatic carbocycles. The summed E-state index contributed by atoms with van der Waals surface area (Å²) in [6.45, 7) is 5.55. The van der Waals surface area contributed by atoms with Gasteiger partial charge in [-0.05, 0) is 25.5 Å². The second kappa shape index (κ2) is 8.31. The lowest BCUT2D eigenvalue weighted by molar-refractivity contribution is -0.116. The molecule has 0 bridgehead atoms. The van der Waals surface area contributed by atoms with Crippen LogP contribution in [0.5, 0.6) is 0 Å². The summed E-state index contributed by atoms with van der Waals surface area (Å²) >= 11 is 1.20. The third-order valence-corrected chi connectivity index (χ3v) is 5.17. The Morgan fingerprint density at radius 1 is 1.28 bits per heavy atom. The highest BCUT2D eigenvalue weighted by Crippen LogP contribution is 2.26. The summed E-state index contributed by atoms with van der Waals surface area (Å²) in [5.41, 5.74) is 2.82. The van der Waals surface area contributed by atoms with Crippen molar-refractivity contribution in [3.8, 4) is 0 Å². The highest BCUT2D eigenvalue weighted by molar-refractivity contribution is 7.07. The van der Waals surface area contributed by atoms with E-state index >= 15 is 0 Å². The first kappa shape index (κ1) is 17.7. The number of aromatic nitrogens is 1. The molecule has 1 saturated heterocycles. The van der Waals surface area contributed by atoms with Crippen LogP contribution < -0.4 is 15.1 Å². The molecule has 1 aliphatic heterocycles. The molecule has 0 radical (unpaired) electrons. The van der Waals surface area contributed by atoms with E-state index in [9.17, 15) is 9.59 Å². The van der Waals surface area contributed by atoms with Gasteiger partial charge in [-0.25, -0.2) is 0 Å². The predicted molar refractivity (Wildman–Crippen MR) is 101 cm³/mol. The molecule has 6 nitrogen and oxygen atoms in total. The first-order chi connectivity index (χ1) is 12.1. The molecule has 0 atom stereocenters. The summed E-state index contributed by atoms with van der Waals surface area (Å²) in [5, 5.41) is 4.86. The number of anilines is 2. The molecule has 0 aliphatic carbocycles. The molecule has 0 unspecified atom stereocenters. The molecule has 3 rings (SSSR count). The fourth-order valence-electron chi connectivity index (χ4n) is 2.94. The van der Waals surface area contributed by atoms with Gasteiger partial charge in [0, 0.05) is 37.1 Å². The van der Waals surface area contributed by atoms with Crippen molar-refractivity contribution in [1.29, 1.82) is 0 Å². The average molecular weight is 361 g/mol. The number of benzene rings is 1. The van der Waals surface area contributed by atoms with Crippen molar-refractivity contribution in [2.75, 3.05) is 36.5 Å². The largest absolute Gasteiger partial charge is 0.378 e. The fourth-order valence-corrected chi connectivity index (χ4v) is 3.71. The van der Waals surface area contributed by atoms with E-state index in [0.717, 1.165) is 30.2 Å². The maximum Gasteiger partial charge on any atom is 0.307 e. The molecule has 2 heterocycles. The zero-order valence-electron chi connectivity index (χ0n) is 14.4. The number of para-hydroxylation sites is 2. The Morgan fingerprint density at radius 3 is 2.76 bits per heavy atom. The second-order valence-electron chi connectivity index (χ2n) is 6.06. The smallest absolute Gasteiger partial charge is 0.307 e. The van der Waals surface area contributed by atoms with Crippen molar-refractivity contribution in [1.82, 2.24) is 4.57 Å². The maximum absolute atomic E-state index is 12.3. The number of aryl methyl sites for hydroxylation is 1. The molecule has 1 N–H and O–H groups in total. The summed E-state index contributed by atoms with van der Waals surface area (Å²) in [7, 11) is 0. The van der Waals surface area contributed by atoms with Gasteiger partial charge >= 0.3 is 4.87 Å². The number of hydrogen-bond acceptors (Lipinski definition) is 5. The number of carbonyl (C=O) groups is 1. The first-order valence-corrected chi connectivity index (χ1v) is 9.39. The van der Waals surface area contributed by atoms with Gasteiger partial charge in [0.15, 0.2) is 0 Å². The molecule has 1 fully saturated rings. The summed E-state index contributed by atoms with van der Waals surface area (Å²) in [5.74, 6) is -0.0263. The van der Waals surface area contributed by atoms with Crippen molar-refractivity contribution >= 4 is 28.6 Å². The molecule has 0 saturated carbocycles. The number of nitrogens with zero attached hydrogens (tertiary/aromatic N) is 2. The average Bonchev–Trinajstić information content (AvgIpc) is 2.95. The molecule has 1 aliphatic rings. The van der Waals surface area contributed by atoms with Gasteiger partial charge in [-0.15, -0.1) is 0 Å². The minimum atomic E-state index is -0.0263. The van der Waals surface area contributed by atoms with Crippen LogP contribution in [0.1, 0.15) is 18.5 Å². The van der Waals surface area contributed by atoms with Crippen LogP contribution in [-0.4, -0.2) is 36.8 Å². The number of carbonyl (C=O) groups excluding carboxylic acids is 1. The third kappa shape index (κ3) is 4.49. The Labute approximate surface area is 151 Å². The van der Waals surface area contributed by atoms with E-state index in [1.165, 1.54) is 11.3 Å². The van der Waals surface area contributed by atoms with Crippen LogP contribution in [-0.2, 0) is 16.1 Å². The minimum absolute atomic E-state index is 0.0263. The number of rotatable bonds is 6. The van der Waals surface area contributed by atoms with Crippen LogP contribution in [0.15, 0.2) is 34.4 Å². The van der Waals surface area contributed by atoms with Crippen LogP contribution in [0.3, 0.4) is 0 Å². The van der Waals surface area contributed by atoms with Crippen molar-refractivity contribution < 1.29 is 9.53 Å². The summed E-state index contributed by atoms with van der Waals surface area (Å²) in [6, 6.07) is 7.85. The molecule has 134 valence electrons.